The topological polar surface area (TPSA) is 124 Å². The van der Waals surface area contributed by atoms with Crippen LogP contribution in [-0.4, -0.2) is 76.7 Å². The molecular weight excluding hydrogens is 424 g/mol. The molecule has 1 aliphatic rings. The van der Waals surface area contributed by atoms with E-state index in [1.54, 1.807) is 0 Å². The van der Waals surface area contributed by atoms with Crippen molar-refractivity contribution in [2.45, 2.75) is 38.5 Å². The summed E-state index contributed by atoms with van der Waals surface area (Å²) in [5, 5.41) is 0. The van der Waals surface area contributed by atoms with E-state index in [2.05, 4.69) is 0 Å². The van der Waals surface area contributed by atoms with Gasteiger partial charge in [0.1, 0.15) is 13.2 Å². The second kappa shape index (κ2) is 19.0. The predicted molar refractivity (Wildman–Crippen MR) is 111 cm³/mol. The quantitative estimate of drug-likeness (QED) is 0.393. The fraction of sp³-hybridized carbons (Fsp3) is 0.636. The first-order valence-electron chi connectivity index (χ1n) is 10.8. The van der Waals surface area contributed by atoms with Crippen LogP contribution in [0.1, 0.15) is 38.5 Å². The van der Waals surface area contributed by atoms with Gasteiger partial charge in [-0.15, -0.1) is 0 Å². The molecule has 0 atom stereocenters. The number of carbonyl (C=O) groups is 4. The monoisotopic (exact) mass is 456 g/mol. The number of cyclic esters (lactones) is 4. The van der Waals surface area contributed by atoms with Gasteiger partial charge >= 0.3 is 23.9 Å². The Balaban J connectivity index is 2.34. The lowest BCUT2D eigenvalue weighted by Crippen LogP contribution is -2.14. The van der Waals surface area contributed by atoms with Crippen molar-refractivity contribution in [2.24, 2.45) is 0 Å². The van der Waals surface area contributed by atoms with Gasteiger partial charge in [-0.3, -0.25) is 0 Å². The van der Waals surface area contributed by atoms with Crippen LogP contribution >= 0.6 is 0 Å². The molecule has 10 nitrogen and oxygen atoms in total. The third-order valence-electron chi connectivity index (χ3n) is 4.05. The molecule has 0 aromatic carbocycles. The number of hydrogen-bond donors (Lipinski definition) is 0. The van der Waals surface area contributed by atoms with Gasteiger partial charge in [-0.1, -0.05) is 25.7 Å². The minimum absolute atomic E-state index is 0.0323. The molecule has 0 fully saturated rings. The maximum absolute atomic E-state index is 11.6. The summed E-state index contributed by atoms with van der Waals surface area (Å²) in [5.41, 5.74) is 0. The van der Waals surface area contributed by atoms with Crippen LogP contribution in [0.15, 0.2) is 24.3 Å². The van der Waals surface area contributed by atoms with Crippen molar-refractivity contribution < 1.29 is 47.6 Å². The molecule has 0 N–H and O–H groups in total. The van der Waals surface area contributed by atoms with Gasteiger partial charge in [0, 0.05) is 24.3 Å². The normalized spacial score (nSPS) is 21.8. The molecule has 0 bridgehead atoms. The number of rotatable bonds is 0. The molecule has 1 heterocycles. The molecule has 1 aliphatic heterocycles. The standard InChI is InChI=1S/C22H32O10/c23-19-7-9-21(25)31-17-15-27-13-14-28-16-18-32-22(26)10-8-20(24)30-12-6-4-2-1-3-5-11-29-19/h7-10H,1-6,11-18H2/b9-7-,10-8?. The lowest BCUT2D eigenvalue weighted by Gasteiger charge is -2.06. The average molecular weight is 456 g/mol. The van der Waals surface area contributed by atoms with Crippen molar-refractivity contribution in [1.29, 1.82) is 0 Å². The van der Waals surface area contributed by atoms with Crippen LogP contribution in [0.25, 0.3) is 0 Å². The molecule has 0 unspecified atom stereocenters. The van der Waals surface area contributed by atoms with Crippen LogP contribution in [-0.2, 0) is 47.6 Å². The maximum atomic E-state index is 11.6. The highest BCUT2D eigenvalue weighted by Gasteiger charge is 2.03. The van der Waals surface area contributed by atoms with E-state index in [9.17, 15) is 19.2 Å². The smallest absolute Gasteiger partial charge is 0.331 e. The first-order chi connectivity index (χ1) is 15.6. The lowest BCUT2D eigenvalue weighted by molar-refractivity contribution is -0.142. The zero-order valence-corrected chi connectivity index (χ0v) is 18.3. The van der Waals surface area contributed by atoms with E-state index >= 15 is 0 Å². The number of hydrogen-bond acceptors (Lipinski definition) is 10. The van der Waals surface area contributed by atoms with Gasteiger partial charge in [-0.2, -0.15) is 0 Å². The molecule has 0 radical (unpaired) electrons. The van der Waals surface area contributed by atoms with Gasteiger partial charge in [0.05, 0.1) is 39.6 Å². The van der Waals surface area contributed by atoms with Crippen LogP contribution in [0.3, 0.4) is 0 Å². The highest BCUT2D eigenvalue weighted by Crippen LogP contribution is 2.06. The molecule has 0 spiro atoms. The van der Waals surface area contributed by atoms with Crippen LogP contribution in [0.4, 0.5) is 0 Å². The SMILES string of the molecule is O=C1C=CC(=O)OCCOCCOCCOC(=O)/C=C\C(=O)OCCCCCCCCO1. The summed E-state index contributed by atoms with van der Waals surface area (Å²) >= 11 is 0. The Kier molecular flexibility index (Phi) is 16.2. The van der Waals surface area contributed by atoms with Crippen molar-refractivity contribution in [3.8, 4) is 0 Å². The molecule has 0 amide bonds. The highest BCUT2D eigenvalue weighted by molar-refractivity contribution is 5.92. The predicted octanol–water partition coefficient (Wildman–Crippen LogP) is 1.66. The molecular formula is C22H32O10. The number of carbonyl (C=O) groups excluding carboxylic acids is 4. The summed E-state index contributed by atoms with van der Waals surface area (Å²) in [6.07, 6.45) is 9.28. The van der Waals surface area contributed by atoms with Crippen LogP contribution in [0.5, 0.6) is 0 Å². The molecule has 1 rings (SSSR count). The molecule has 0 aromatic heterocycles. The molecule has 180 valence electrons. The average Bonchev–Trinajstić information content (AvgIpc) is 2.78. The summed E-state index contributed by atoms with van der Waals surface area (Å²) in [6, 6.07) is 0. The van der Waals surface area contributed by atoms with Gasteiger partial charge < -0.3 is 28.4 Å². The second-order valence-electron chi connectivity index (χ2n) is 6.68. The summed E-state index contributed by atoms with van der Waals surface area (Å²) in [7, 11) is 0. The van der Waals surface area contributed by atoms with Crippen molar-refractivity contribution >= 4 is 23.9 Å². The molecule has 0 saturated carbocycles. The van der Waals surface area contributed by atoms with Gasteiger partial charge in [-0.25, -0.2) is 19.2 Å². The van der Waals surface area contributed by atoms with E-state index in [1.165, 1.54) is 0 Å². The number of esters is 4. The zero-order valence-electron chi connectivity index (χ0n) is 18.3. The minimum Gasteiger partial charge on any atom is -0.463 e. The summed E-state index contributed by atoms with van der Waals surface area (Å²) in [5.74, 6) is -2.50. The van der Waals surface area contributed by atoms with Crippen molar-refractivity contribution in [2.75, 3.05) is 52.9 Å². The molecule has 0 aromatic rings. The Bertz CT molecular complexity index is 520. The molecule has 10 heteroatoms. The van der Waals surface area contributed by atoms with Crippen molar-refractivity contribution in [1.82, 2.24) is 0 Å². The minimum atomic E-state index is -0.656. The van der Waals surface area contributed by atoms with E-state index < -0.39 is 23.9 Å². The first kappa shape index (κ1) is 27.3. The Hall–Kier alpha value is -2.72. The van der Waals surface area contributed by atoms with E-state index in [4.69, 9.17) is 28.4 Å². The number of ether oxygens (including phenoxy) is 6. The van der Waals surface area contributed by atoms with Crippen LogP contribution in [0, 0.1) is 0 Å². The van der Waals surface area contributed by atoms with Gasteiger partial charge in [0.25, 0.3) is 0 Å². The van der Waals surface area contributed by atoms with Crippen LogP contribution < -0.4 is 0 Å². The zero-order chi connectivity index (χ0) is 23.3. The van der Waals surface area contributed by atoms with E-state index in [0.29, 0.717) is 0 Å². The second-order valence-corrected chi connectivity index (χ2v) is 6.68. The molecule has 32 heavy (non-hydrogen) atoms. The van der Waals surface area contributed by atoms with Crippen molar-refractivity contribution in [3.05, 3.63) is 24.3 Å². The maximum Gasteiger partial charge on any atom is 0.331 e. The Labute approximate surface area is 187 Å². The summed E-state index contributed by atoms with van der Waals surface area (Å²) < 4.78 is 30.3. The van der Waals surface area contributed by atoms with Gasteiger partial charge in [0.15, 0.2) is 0 Å². The highest BCUT2D eigenvalue weighted by atomic mass is 16.6. The Morgan fingerprint density at radius 1 is 0.375 bits per heavy atom. The van der Waals surface area contributed by atoms with Gasteiger partial charge in [0.2, 0.25) is 0 Å². The Morgan fingerprint density at radius 3 is 1.03 bits per heavy atom. The lowest BCUT2D eigenvalue weighted by atomic mass is 10.1. The van der Waals surface area contributed by atoms with E-state index in [0.717, 1.165) is 62.8 Å². The van der Waals surface area contributed by atoms with Crippen LogP contribution in [0.2, 0.25) is 0 Å². The summed E-state index contributed by atoms with van der Waals surface area (Å²) in [4.78, 5) is 46.1. The largest absolute Gasteiger partial charge is 0.463 e. The Morgan fingerprint density at radius 2 is 0.656 bits per heavy atom. The fourth-order valence-electron chi connectivity index (χ4n) is 2.45. The van der Waals surface area contributed by atoms with Gasteiger partial charge in [-0.05, 0) is 12.8 Å². The molecule has 0 aliphatic carbocycles. The third kappa shape index (κ3) is 17.0. The first-order valence-corrected chi connectivity index (χ1v) is 10.8. The van der Waals surface area contributed by atoms with E-state index in [-0.39, 0.29) is 52.9 Å². The molecule has 0 saturated heterocycles. The fourth-order valence-corrected chi connectivity index (χ4v) is 2.45. The van der Waals surface area contributed by atoms with Crippen molar-refractivity contribution in [3.63, 3.8) is 0 Å². The summed E-state index contributed by atoms with van der Waals surface area (Å²) in [6.45, 7) is 1.49. The van der Waals surface area contributed by atoms with E-state index in [1.807, 2.05) is 0 Å². The third-order valence-corrected chi connectivity index (χ3v) is 4.05.